The molecule has 4 N–H and O–H groups in total. The van der Waals surface area contributed by atoms with Gasteiger partial charge in [0, 0.05) is 48.3 Å². The van der Waals surface area contributed by atoms with Crippen LogP contribution < -0.4 is 9.44 Å². The third-order valence-corrected chi connectivity index (χ3v) is 9.14. The van der Waals surface area contributed by atoms with Gasteiger partial charge in [0.15, 0.2) is 0 Å². The molecule has 4 aromatic carbocycles. The Labute approximate surface area is 304 Å². The molecule has 0 aliphatic carbocycles. The van der Waals surface area contributed by atoms with E-state index in [4.69, 9.17) is 0 Å². The van der Waals surface area contributed by atoms with Gasteiger partial charge in [-0.15, -0.1) is 0 Å². The van der Waals surface area contributed by atoms with Crippen molar-refractivity contribution in [3.05, 3.63) is 145 Å². The van der Waals surface area contributed by atoms with Crippen LogP contribution in [0.1, 0.15) is 11.1 Å². The van der Waals surface area contributed by atoms with Crippen LogP contribution in [0, 0.1) is 0 Å². The number of sulfonamides is 2. The molecule has 0 aliphatic rings. The monoisotopic (exact) mass is 767 g/mol. The summed E-state index contributed by atoms with van der Waals surface area (Å²) in [5.41, 5.74) is 2.25. The zero-order chi connectivity index (χ0) is 35.4. The molecule has 0 aliphatic heterocycles. The van der Waals surface area contributed by atoms with Crippen molar-refractivity contribution in [3.8, 4) is 11.5 Å². The molecule has 0 saturated carbocycles. The third-order valence-electron chi connectivity index (χ3n) is 6.46. The largest absolute Gasteiger partial charge is 2.00 e. The van der Waals surface area contributed by atoms with Crippen LogP contribution in [0.4, 0.5) is 23.3 Å². The predicted molar refractivity (Wildman–Crippen MR) is 189 cm³/mol. The van der Waals surface area contributed by atoms with E-state index >= 15 is 0 Å². The number of para-hydroxylation sites is 2. The number of aliphatic imine (C=N–C) groups is 2. The Balaban J connectivity index is 0.000000224. The summed E-state index contributed by atoms with van der Waals surface area (Å²) in [5.74, 6) is 0.253. The zero-order valence-corrected chi connectivity index (χ0v) is 28.9. The normalized spacial score (nSPS) is 11.3. The van der Waals surface area contributed by atoms with Crippen molar-refractivity contribution in [2.75, 3.05) is 9.44 Å². The van der Waals surface area contributed by atoms with Crippen LogP contribution in [-0.2, 0) is 36.8 Å². The number of aromatic nitrogens is 4. The number of nitrogens with zero attached hydrogens (tertiary/aromatic N) is 6. The van der Waals surface area contributed by atoms with Crippen LogP contribution in [0.3, 0.4) is 0 Å². The molecule has 0 atom stereocenters. The van der Waals surface area contributed by atoms with E-state index in [2.05, 4.69) is 39.4 Å². The topological polar surface area (TPSA) is 209 Å². The van der Waals surface area contributed by atoms with Crippen molar-refractivity contribution in [2.45, 2.75) is 9.79 Å². The fourth-order valence-electron chi connectivity index (χ4n) is 3.97. The second-order valence-corrected chi connectivity index (χ2v) is 13.3. The summed E-state index contributed by atoms with van der Waals surface area (Å²) in [6, 6.07) is 28.8. The summed E-state index contributed by atoms with van der Waals surface area (Å²) in [4.78, 5) is 23.9. The molecule has 1 radical (unpaired) electrons. The molecule has 0 fully saturated rings. The van der Waals surface area contributed by atoms with Crippen LogP contribution >= 0.6 is 0 Å². The Morgan fingerprint density at radius 1 is 0.490 bits per heavy atom. The third kappa shape index (κ3) is 11.0. The second kappa shape index (κ2) is 17.6. The molecular formula is C34H28CoN8O6S2+2. The van der Waals surface area contributed by atoms with E-state index in [0.717, 1.165) is 0 Å². The number of anilines is 2. The first-order valence-corrected chi connectivity index (χ1v) is 17.5. The van der Waals surface area contributed by atoms with Crippen LogP contribution in [0.15, 0.2) is 154 Å². The number of phenols is 2. The van der Waals surface area contributed by atoms with E-state index < -0.39 is 20.0 Å². The van der Waals surface area contributed by atoms with Gasteiger partial charge in [0.05, 0.1) is 21.2 Å². The molecule has 0 saturated heterocycles. The average Bonchev–Trinajstić information content (AvgIpc) is 3.12. The summed E-state index contributed by atoms with van der Waals surface area (Å²) < 4.78 is 53.7. The molecule has 259 valence electrons. The van der Waals surface area contributed by atoms with Crippen molar-refractivity contribution >= 4 is 55.7 Å². The molecule has 14 nitrogen and oxygen atoms in total. The Morgan fingerprint density at radius 3 is 1.16 bits per heavy atom. The summed E-state index contributed by atoms with van der Waals surface area (Å²) in [6.45, 7) is 0. The number of rotatable bonds is 10. The number of phenolic OH excluding ortho intramolecular Hbond substituents is 2. The van der Waals surface area contributed by atoms with Gasteiger partial charge in [-0.05, 0) is 84.9 Å². The molecule has 17 heteroatoms. The van der Waals surface area contributed by atoms with E-state index in [1.54, 1.807) is 84.9 Å². The first kappa shape index (κ1) is 37.8. The minimum Gasteiger partial charge on any atom is -0.507 e. The van der Waals surface area contributed by atoms with Crippen molar-refractivity contribution in [2.24, 2.45) is 9.98 Å². The Bertz CT molecular complexity index is 2150. The van der Waals surface area contributed by atoms with Gasteiger partial charge < -0.3 is 10.2 Å². The van der Waals surface area contributed by atoms with Gasteiger partial charge in [0.2, 0.25) is 11.9 Å². The van der Waals surface area contributed by atoms with Crippen LogP contribution in [-0.4, -0.2) is 59.4 Å². The quantitative estimate of drug-likeness (QED) is 0.129. The molecule has 51 heavy (non-hydrogen) atoms. The molecule has 6 rings (SSSR count). The molecule has 2 heterocycles. The number of nitrogens with one attached hydrogen (secondary N) is 2. The van der Waals surface area contributed by atoms with Crippen LogP contribution in [0.2, 0.25) is 0 Å². The number of aromatic hydroxyl groups is 2. The van der Waals surface area contributed by atoms with Gasteiger partial charge in [-0.3, -0.25) is 9.98 Å². The Hall–Kier alpha value is -6.01. The number of hydrogen-bond acceptors (Lipinski definition) is 12. The van der Waals surface area contributed by atoms with Crippen LogP contribution in [0.5, 0.6) is 11.5 Å². The van der Waals surface area contributed by atoms with Gasteiger partial charge in [-0.1, -0.05) is 24.3 Å². The molecule has 0 bridgehead atoms. The SMILES string of the molecule is O=S(=O)(Nc1ncccn1)c1ccc(N=Cc2ccccc2O)cc1.O=S(=O)(Nc1ncccn1)c1ccc(N=Cc2ccccc2O)cc1.[Co+2]. The van der Waals surface area contributed by atoms with Crippen molar-refractivity contribution < 1.29 is 43.8 Å². The summed E-state index contributed by atoms with van der Waals surface area (Å²) in [6.07, 6.45) is 8.80. The Morgan fingerprint density at radius 2 is 0.824 bits per heavy atom. The molecule has 0 unspecified atom stereocenters. The standard InChI is InChI=1S/2C17H14N4O3S.Co/c2*22-16-5-2-1-4-13(16)12-20-14-6-8-15(9-7-14)25(23,24)21-17-18-10-3-11-19-17;/h2*1-12,22H,(H,18,19,21);/q;;+2. The summed E-state index contributed by atoms with van der Waals surface area (Å²) in [7, 11) is -7.54. The van der Waals surface area contributed by atoms with Gasteiger partial charge in [-0.2, -0.15) is 0 Å². The van der Waals surface area contributed by atoms with Gasteiger partial charge in [-0.25, -0.2) is 46.2 Å². The van der Waals surface area contributed by atoms with Gasteiger partial charge >= 0.3 is 16.8 Å². The van der Waals surface area contributed by atoms with E-state index in [1.807, 2.05) is 0 Å². The van der Waals surface area contributed by atoms with Crippen molar-refractivity contribution in [3.63, 3.8) is 0 Å². The zero-order valence-electron chi connectivity index (χ0n) is 26.2. The predicted octanol–water partition coefficient (Wildman–Crippen LogP) is 5.46. The summed E-state index contributed by atoms with van der Waals surface area (Å²) in [5, 5.41) is 19.4. The van der Waals surface area contributed by atoms with Gasteiger partial charge in [0.1, 0.15) is 11.5 Å². The van der Waals surface area contributed by atoms with Gasteiger partial charge in [0.25, 0.3) is 20.0 Å². The minimum absolute atomic E-state index is 0. The summed E-state index contributed by atoms with van der Waals surface area (Å²) >= 11 is 0. The molecule has 6 aromatic rings. The maximum absolute atomic E-state index is 12.3. The molecular weight excluding hydrogens is 739 g/mol. The average molecular weight is 768 g/mol. The fourth-order valence-corrected chi connectivity index (χ4v) is 5.88. The first-order valence-electron chi connectivity index (χ1n) is 14.5. The molecule has 0 amide bonds. The second-order valence-electron chi connectivity index (χ2n) is 9.98. The van der Waals surface area contributed by atoms with E-state index in [-0.39, 0.29) is 50.0 Å². The van der Waals surface area contributed by atoms with Crippen molar-refractivity contribution in [1.82, 2.24) is 19.9 Å². The minimum atomic E-state index is -3.77. The number of hydrogen-bond donors (Lipinski definition) is 4. The molecule has 2 aromatic heterocycles. The maximum Gasteiger partial charge on any atom is 2.00 e. The smallest absolute Gasteiger partial charge is 0.507 e. The van der Waals surface area contributed by atoms with Crippen LogP contribution in [0.25, 0.3) is 0 Å². The Kier molecular flexibility index (Phi) is 13.0. The first-order chi connectivity index (χ1) is 24.1. The molecule has 0 spiro atoms. The van der Waals surface area contributed by atoms with Crippen molar-refractivity contribution in [1.29, 1.82) is 0 Å². The fraction of sp³-hybridized carbons (Fsp3) is 0. The van der Waals surface area contributed by atoms with E-state index in [9.17, 15) is 27.0 Å². The van der Waals surface area contributed by atoms with E-state index in [0.29, 0.717) is 22.5 Å². The maximum atomic E-state index is 12.3. The van der Waals surface area contributed by atoms with E-state index in [1.165, 1.54) is 61.5 Å². The number of benzene rings is 4.